The van der Waals surface area contributed by atoms with Crippen molar-refractivity contribution in [3.05, 3.63) is 119 Å². The number of hydrogen-bond acceptors (Lipinski definition) is 6. The van der Waals surface area contributed by atoms with Crippen LogP contribution < -0.4 is 14.9 Å². The number of thiophene rings is 1. The fraction of sp³-hybridized carbons (Fsp3) is 0.0333. The minimum atomic E-state index is -0.514. The fourth-order valence-corrected chi connectivity index (χ4v) is 5.04. The average molecular weight is 541 g/mol. The van der Waals surface area contributed by atoms with Crippen LogP contribution in [-0.4, -0.2) is 24.7 Å². The molecule has 0 spiro atoms. The summed E-state index contributed by atoms with van der Waals surface area (Å²) in [6, 6.07) is 31.8. The summed E-state index contributed by atoms with van der Waals surface area (Å²) in [5, 5.41) is 5.17. The van der Waals surface area contributed by atoms with Crippen LogP contribution in [0.15, 0.2) is 108 Å². The molecule has 0 aliphatic heterocycles. The molecule has 6 nitrogen and oxygen atoms in total. The number of esters is 1. The summed E-state index contributed by atoms with van der Waals surface area (Å²) in [4.78, 5) is 25.0. The van der Waals surface area contributed by atoms with E-state index in [2.05, 4.69) is 10.5 Å². The van der Waals surface area contributed by atoms with Gasteiger partial charge in [0.05, 0.1) is 11.2 Å². The first-order valence-electron chi connectivity index (χ1n) is 11.7. The average Bonchev–Trinajstić information content (AvgIpc) is 3.30. The molecule has 0 fully saturated rings. The van der Waals surface area contributed by atoms with E-state index in [0.29, 0.717) is 27.0 Å². The third-order valence-electron chi connectivity index (χ3n) is 5.55. The maximum Gasteiger partial charge on any atom is 0.355 e. The lowest BCUT2D eigenvalue weighted by molar-refractivity contribution is -0.123. The molecule has 38 heavy (non-hydrogen) atoms. The summed E-state index contributed by atoms with van der Waals surface area (Å²) in [6.07, 6.45) is 1.49. The van der Waals surface area contributed by atoms with Gasteiger partial charge in [-0.3, -0.25) is 4.79 Å². The Morgan fingerprint density at radius 1 is 0.816 bits per heavy atom. The Hall–Kier alpha value is -4.46. The third-order valence-corrected chi connectivity index (χ3v) is 7.20. The highest BCUT2D eigenvalue weighted by Crippen LogP contribution is 2.35. The van der Waals surface area contributed by atoms with Crippen LogP contribution in [0.4, 0.5) is 0 Å². The van der Waals surface area contributed by atoms with Crippen molar-refractivity contribution in [2.45, 2.75) is 0 Å². The van der Waals surface area contributed by atoms with Crippen LogP contribution in [0.3, 0.4) is 0 Å². The van der Waals surface area contributed by atoms with Crippen molar-refractivity contribution in [2.75, 3.05) is 6.61 Å². The van der Waals surface area contributed by atoms with Gasteiger partial charge in [0.2, 0.25) is 0 Å². The molecule has 0 saturated carbocycles. The molecular weight excluding hydrogens is 520 g/mol. The van der Waals surface area contributed by atoms with Gasteiger partial charge in [-0.25, -0.2) is 10.2 Å². The van der Waals surface area contributed by atoms with E-state index in [0.717, 1.165) is 21.2 Å². The molecule has 188 valence electrons. The topological polar surface area (TPSA) is 77.0 Å². The Bertz CT molecular complexity index is 1600. The number of carbonyl (C=O) groups excluding carboxylic acids is 2. The summed E-state index contributed by atoms with van der Waals surface area (Å²) in [7, 11) is 0. The Morgan fingerprint density at radius 3 is 2.21 bits per heavy atom. The smallest absolute Gasteiger partial charge is 0.355 e. The van der Waals surface area contributed by atoms with Crippen molar-refractivity contribution in [1.29, 1.82) is 0 Å². The van der Waals surface area contributed by atoms with Crippen LogP contribution in [0.2, 0.25) is 5.02 Å². The molecule has 0 unspecified atom stereocenters. The lowest BCUT2D eigenvalue weighted by Gasteiger charge is -2.07. The Labute approximate surface area is 228 Å². The second-order valence-electron chi connectivity index (χ2n) is 8.17. The van der Waals surface area contributed by atoms with E-state index in [-0.39, 0.29) is 12.5 Å². The molecule has 1 N–H and O–H groups in total. The Morgan fingerprint density at radius 2 is 1.47 bits per heavy atom. The third kappa shape index (κ3) is 6.08. The van der Waals surface area contributed by atoms with E-state index in [1.807, 2.05) is 78.9 Å². The van der Waals surface area contributed by atoms with Gasteiger partial charge in [-0.1, -0.05) is 72.3 Å². The number of fused-ring (bicyclic) bond motifs is 1. The molecule has 0 aliphatic rings. The number of amides is 1. The molecular formula is C30H21ClN2O4S. The summed E-state index contributed by atoms with van der Waals surface area (Å²) in [6.45, 7) is -0.169. The van der Waals surface area contributed by atoms with Crippen molar-refractivity contribution in [3.63, 3.8) is 0 Å². The Balaban J connectivity index is 1.09. The van der Waals surface area contributed by atoms with Gasteiger partial charge in [0, 0.05) is 10.1 Å². The van der Waals surface area contributed by atoms with E-state index >= 15 is 0 Å². The number of halogens is 1. The zero-order valence-corrected chi connectivity index (χ0v) is 21.5. The van der Waals surface area contributed by atoms with Gasteiger partial charge in [-0.05, 0) is 59.2 Å². The zero-order chi connectivity index (χ0) is 26.3. The van der Waals surface area contributed by atoms with Gasteiger partial charge in [-0.2, -0.15) is 5.10 Å². The number of carbonyl (C=O) groups is 2. The monoisotopic (exact) mass is 540 g/mol. The van der Waals surface area contributed by atoms with Gasteiger partial charge in [0.25, 0.3) is 5.91 Å². The van der Waals surface area contributed by atoms with Crippen molar-refractivity contribution in [2.24, 2.45) is 5.10 Å². The molecule has 0 aliphatic carbocycles. The van der Waals surface area contributed by atoms with Crippen molar-refractivity contribution < 1.29 is 19.1 Å². The molecule has 0 saturated heterocycles. The van der Waals surface area contributed by atoms with E-state index in [1.54, 1.807) is 24.3 Å². The highest BCUT2D eigenvalue weighted by atomic mass is 35.5. The van der Waals surface area contributed by atoms with Crippen LogP contribution in [0.25, 0.3) is 21.2 Å². The minimum absolute atomic E-state index is 0.169. The van der Waals surface area contributed by atoms with Crippen molar-refractivity contribution in [3.8, 4) is 22.6 Å². The summed E-state index contributed by atoms with van der Waals surface area (Å²) >= 11 is 7.65. The summed E-state index contributed by atoms with van der Waals surface area (Å²) < 4.78 is 11.9. The van der Waals surface area contributed by atoms with Crippen LogP contribution >= 0.6 is 22.9 Å². The molecule has 4 aromatic carbocycles. The molecule has 5 rings (SSSR count). The van der Waals surface area contributed by atoms with Crippen LogP contribution in [0.5, 0.6) is 11.5 Å². The number of hydrazone groups is 1. The lowest BCUT2D eigenvalue weighted by atomic mass is 10.1. The second kappa shape index (κ2) is 11.7. The number of nitrogens with one attached hydrogen (secondary N) is 1. The van der Waals surface area contributed by atoms with Gasteiger partial charge in [-0.15, -0.1) is 11.3 Å². The standard InChI is InChI=1S/C30H21ClN2O4S/c31-28-25-8-4-5-9-26(25)38-29(28)30(35)37-24-14-10-20(11-15-24)18-32-33-27(34)19-36-23-16-12-22(13-17-23)21-6-2-1-3-7-21/h1-18H,19H2,(H,33,34)/b32-18-. The molecule has 0 atom stereocenters. The number of nitrogens with zero attached hydrogens (tertiary/aromatic N) is 1. The quantitative estimate of drug-likeness (QED) is 0.0997. The van der Waals surface area contributed by atoms with E-state index in [4.69, 9.17) is 21.1 Å². The molecule has 1 amide bonds. The van der Waals surface area contributed by atoms with Gasteiger partial charge in [0.1, 0.15) is 16.4 Å². The van der Waals surface area contributed by atoms with Gasteiger partial charge < -0.3 is 9.47 Å². The van der Waals surface area contributed by atoms with Crippen LogP contribution in [0.1, 0.15) is 15.2 Å². The molecule has 0 radical (unpaired) electrons. The fourth-order valence-electron chi connectivity index (χ4n) is 3.65. The first-order chi connectivity index (χ1) is 18.6. The largest absolute Gasteiger partial charge is 0.484 e. The highest BCUT2D eigenvalue weighted by molar-refractivity contribution is 7.21. The summed E-state index contributed by atoms with van der Waals surface area (Å²) in [5.74, 6) is 0.0565. The highest BCUT2D eigenvalue weighted by Gasteiger charge is 2.18. The van der Waals surface area contributed by atoms with E-state index in [9.17, 15) is 9.59 Å². The van der Waals surface area contributed by atoms with E-state index < -0.39 is 5.97 Å². The second-order valence-corrected chi connectivity index (χ2v) is 9.60. The predicted octanol–water partition coefficient (Wildman–Crippen LogP) is 6.97. The van der Waals surface area contributed by atoms with Crippen molar-refractivity contribution in [1.82, 2.24) is 5.43 Å². The number of benzene rings is 4. The van der Waals surface area contributed by atoms with Crippen LogP contribution in [0, 0.1) is 0 Å². The summed E-state index contributed by atoms with van der Waals surface area (Å²) in [5.41, 5.74) is 5.32. The van der Waals surface area contributed by atoms with Gasteiger partial charge >= 0.3 is 5.97 Å². The van der Waals surface area contributed by atoms with Crippen LogP contribution in [-0.2, 0) is 4.79 Å². The molecule has 0 bridgehead atoms. The molecule has 5 aromatic rings. The lowest BCUT2D eigenvalue weighted by Crippen LogP contribution is -2.24. The first kappa shape index (κ1) is 25.2. The molecule has 1 aromatic heterocycles. The first-order valence-corrected chi connectivity index (χ1v) is 12.9. The Kier molecular flexibility index (Phi) is 7.78. The van der Waals surface area contributed by atoms with Crippen molar-refractivity contribution >= 4 is 51.1 Å². The number of hydrogen-bond donors (Lipinski definition) is 1. The molecule has 1 heterocycles. The molecule has 8 heteroatoms. The minimum Gasteiger partial charge on any atom is -0.484 e. The predicted molar refractivity (Wildman–Crippen MR) is 151 cm³/mol. The number of rotatable bonds is 8. The normalized spacial score (nSPS) is 11.0. The van der Waals surface area contributed by atoms with Gasteiger partial charge in [0.15, 0.2) is 6.61 Å². The van der Waals surface area contributed by atoms with E-state index in [1.165, 1.54) is 17.6 Å². The number of ether oxygens (including phenoxy) is 2. The maximum atomic E-state index is 12.6. The maximum absolute atomic E-state index is 12.6. The SMILES string of the molecule is O=C(COc1ccc(-c2ccccc2)cc1)N/N=C\c1ccc(OC(=O)c2sc3ccccc3c2Cl)cc1. The zero-order valence-electron chi connectivity index (χ0n) is 20.0.